The highest BCUT2D eigenvalue weighted by atomic mass is 16.5. The number of rotatable bonds is 7. The summed E-state index contributed by atoms with van der Waals surface area (Å²) < 4.78 is 17.3. The van der Waals surface area contributed by atoms with Crippen LogP contribution in [0.15, 0.2) is 41.1 Å². The van der Waals surface area contributed by atoms with Crippen molar-refractivity contribution >= 4 is 11.8 Å². The Hall–Kier alpha value is -3.22. The third kappa shape index (κ3) is 3.72. The number of furan rings is 1. The van der Waals surface area contributed by atoms with E-state index in [4.69, 9.17) is 25.4 Å². The maximum atomic E-state index is 5.96. The lowest BCUT2D eigenvalue weighted by atomic mass is 10.0. The number of nitrogens with two attached hydrogens (primary N) is 2. The molecule has 0 saturated heterocycles. The number of benzene rings is 1. The number of hydrogen-bond acceptors (Lipinski definition) is 7. The smallest absolute Gasteiger partial charge is 0.221 e. The molecule has 0 fully saturated rings. The number of aromatic nitrogens is 2. The molecule has 0 saturated carbocycles. The third-order valence-corrected chi connectivity index (χ3v) is 3.80. The molecule has 0 bridgehead atoms. The second-order valence-corrected chi connectivity index (χ2v) is 5.63. The standard InChI is InChI=1S/C19H22N4O3/c1-3-24-15-9-12(8-13-11-22-19(21)23-18(13)20)10-16(25-4-2)17(15)14-6-5-7-26-14/h5-7,9-11H,3-4,8H2,1-2H3,(H4,20,21,22,23). The Morgan fingerprint density at radius 1 is 1.08 bits per heavy atom. The van der Waals surface area contributed by atoms with Gasteiger partial charge in [-0.1, -0.05) is 0 Å². The minimum Gasteiger partial charge on any atom is -0.493 e. The van der Waals surface area contributed by atoms with Gasteiger partial charge in [0.25, 0.3) is 0 Å². The highest BCUT2D eigenvalue weighted by molar-refractivity contribution is 5.74. The summed E-state index contributed by atoms with van der Waals surface area (Å²) in [5.41, 5.74) is 14.1. The molecule has 1 aromatic carbocycles. The van der Waals surface area contributed by atoms with Gasteiger partial charge in [-0.15, -0.1) is 0 Å². The molecule has 136 valence electrons. The van der Waals surface area contributed by atoms with Gasteiger partial charge < -0.3 is 25.4 Å². The molecule has 0 radical (unpaired) electrons. The summed E-state index contributed by atoms with van der Waals surface area (Å²) in [7, 11) is 0. The molecule has 2 aromatic heterocycles. The van der Waals surface area contributed by atoms with Crippen molar-refractivity contribution in [3.8, 4) is 22.8 Å². The van der Waals surface area contributed by atoms with E-state index in [2.05, 4.69) is 9.97 Å². The summed E-state index contributed by atoms with van der Waals surface area (Å²) in [6, 6.07) is 7.63. The average molecular weight is 354 g/mol. The van der Waals surface area contributed by atoms with Crippen LogP contribution < -0.4 is 20.9 Å². The lowest BCUT2D eigenvalue weighted by Gasteiger charge is -2.16. The van der Waals surface area contributed by atoms with E-state index in [1.807, 2.05) is 38.1 Å². The van der Waals surface area contributed by atoms with Gasteiger partial charge in [-0.2, -0.15) is 4.98 Å². The normalized spacial score (nSPS) is 10.7. The van der Waals surface area contributed by atoms with Gasteiger partial charge in [-0.05, 0) is 43.7 Å². The average Bonchev–Trinajstić information content (AvgIpc) is 3.12. The fourth-order valence-corrected chi connectivity index (χ4v) is 2.74. The van der Waals surface area contributed by atoms with E-state index >= 15 is 0 Å². The van der Waals surface area contributed by atoms with E-state index in [-0.39, 0.29) is 5.95 Å². The Balaban J connectivity index is 2.06. The molecule has 0 amide bonds. The molecule has 7 heteroatoms. The second-order valence-electron chi connectivity index (χ2n) is 5.63. The zero-order chi connectivity index (χ0) is 18.5. The van der Waals surface area contributed by atoms with Gasteiger partial charge in [0.15, 0.2) is 0 Å². The predicted molar refractivity (Wildman–Crippen MR) is 100 cm³/mol. The summed E-state index contributed by atoms with van der Waals surface area (Å²) in [6.45, 7) is 4.92. The topological polar surface area (TPSA) is 109 Å². The first-order valence-corrected chi connectivity index (χ1v) is 8.45. The van der Waals surface area contributed by atoms with Gasteiger partial charge in [0.05, 0.1) is 19.5 Å². The summed E-state index contributed by atoms with van der Waals surface area (Å²) in [4.78, 5) is 8.03. The van der Waals surface area contributed by atoms with Crippen molar-refractivity contribution in [3.05, 3.63) is 47.9 Å². The van der Waals surface area contributed by atoms with Crippen LogP contribution in [0, 0.1) is 0 Å². The van der Waals surface area contributed by atoms with Gasteiger partial charge in [0.2, 0.25) is 5.95 Å². The molecule has 26 heavy (non-hydrogen) atoms. The lowest BCUT2D eigenvalue weighted by molar-refractivity contribution is 0.323. The molecule has 0 spiro atoms. The maximum absolute atomic E-state index is 5.96. The van der Waals surface area contributed by atoms with E-state index in [9.17, 15) is 0 Å². The number of nitrogens with zero attached hydrogens (tertiary/aromatic N) is 2. The van der Waals surface area contributed by atoms with Crippen LogP contribution >= 0.6 is 0 Å². The van der Waals surface area contributed by atoms with Crippen LogP contribution in [0.1, 0.15) is 25.0 Å². The molecule has 0 atom stereocenters. The first-order chi connectivity index (χ1) is 12.6. The van der Waals surface area contributed by atoms with Crippen molar-refractivity contribution in [2.24, 2.45) is 0 Å². The molecule has 4 N–H and O–H groups in total. The predicted octanol–water partition coefficient (Wildman–Crippen LogP) is 3.29. The minimum atomic E-state index is 0.157. The summed E-state index contributed by atoms with van der Waals surface area (Å²) in [6.07, 6.45) is 3.80. The molecule has 0 aliphatic carbocycles. The molecule has 2 heterocycles. The molecule has 3 aromatic rings. The number of hydrogen-bond donors (Lipinski definition) is 2. The zero-order valence-electron chi connectivity index (χ0n) is 14.9. The minimum absolute atomic E-state index is 0.157. The first-order valence-electron chi connectivity index (χ1n) is 8.45. The van der Waals surface area contributed by atoms with Gasteiger partial charge in [0.1, 0.15) is 28.6 Å². The molecule has 3 rings (SSSR count). The van der Waals surface area contributed by atoms with Crippen molar-refractivity contribution < 1.29 is 13.9 Å². The zero-order valence-corrected chi connectivity index (χ0v) is 14.9. The van der Waals surface area contributed by atoms with Crippen LogP contribution in [0.2, 0.25) is 0 Å². The van der Waals surface area contributed by atoms with E-state index < -0.39 is 0 Å². The van der Waals surface area contributed by atoms with Crippen LogP contribution in [0.25, 0.3) is 11.3 Å². The Morgan fingerprint density at radius 3 is 2.31 bits per heavy atom. The number of ether oxygens (including phenoxy) is 2. The molecular weight excluding hydrogens is 332 g/mol. The Kier molecular flexibility index (Phi) is 5.26. The Bertz CT molecular complexity index is 851. The summed E-state index contributed by atoms with van der Waals surface area (Å²) in [5, 5.41) is 0. The maximum Gasteiger partial charge on any atom is 0.221 e. The lowest BCUT2D eigenvalue weighted by Crippen LogP contribution is -2.05. The molecule has 0 aliphatic rings. The third-order valence-electron chi connectivity index (χ3n) is 3.80. The van der Waals surface area contributed by atoms with Crippen LogP contribution in [-0.4, -0.2) is 23.2 Å². The molecule has 0 aliphatic heterocycles. The van der Waals surface area contributed by atoms with Crippen molar-refractivity contribution in [3.63, 3.8) is 0 Å². The number of nitrogen functional groups attached to an aromatic ring is 2. The van der Waals surface area contributed by atoms with Crippen LogP contribution in [0.5, 0.6) is 11.5 Å². The Morgan fingerprint density at radius 2 is 1.77 bits per heavy atom. The van der Waals surface area contributed by atoms with E-state index in [0.717, 1.165) is 16.7 Å². The van der Waals surface area contributed by atoms with Crippen LogP contribution in [0.3, 0.4) is 0 Å². The molecule has 0 unspecified atom stereocenters. The van der Waals surface area contributed by atoms with Gasteiger partial charge >= 0.3 is 0 Å². The fourth-order valence-electron chi connectivity index (χ4n) is 2.74. The summed E-state index contributed by atoms with van der Waals surface area (Å²) >= 11 is 0. The van der Waals surface area contributed by atoms with Crippen molar-refractivity contribution in [1.82, 2.24) is 9.97 Å². The van der Waals surface area contributed by atoms with Gasteiger partial charge in [0, 0.05) is 18.2 Å². The van der Waals surface area contributed by atoms with E-state index in [1.54, 1.807) is 12.5 Å². The van der Waals surface area contributed by atoms with E-state index in [0.29, 0.717) is 42.7 Å². The second kappa shape index (κ2) is 7.77. The number of anilines is 2. The first kappa shape index (κ1) is 17.6. The molecular formula is C19H22N4O3. The van der Waals surface area contributed by atoms with Crippen LogP contribution in [-0.2, 0) is 6.42 Å². The quantitative estimate of drug-likeness (QED) is 0.670. The van der Waals surface area contributed by atoms with Crippen LogP contribution in [0.4, 0.5) is 11.8 Å². The SMILES string of the molecule is CCOc1cc(Cc2cnc(N)nc2N)cc(OCC)c1-c1ccco1. The highest BCUT2D eigenvalue weighted by Crippen LogP contribution is 2.40. The van der Waals surface area contributed by atoms with Gasteiger partial charge in [-0.3, -0.25) is 0 Å². The van der Waals surface area contributed by atoms with Gasteiger partial charge in [-0.25, -0.2) is 4.98 Å². The monoisotopic (exact) mass is 354 g/mol. The van der Waals surface area contributed by atoms with E-state index in [1.165, 1.54) is 0 Å². The van der Waals surface area contributed by atoms with Crippen molar-refractivity contribution in [1.29, 1.82) is 0 Å². The van der Waals surface area contributed by atoms with Crippen molar-refractivity contribution in [2.45, 2.75) is 20.3 Å². The van der Waals surface area contributed by atoms with Crippen molar-refractivity contribution in [2.75, 3.05) is 24.7 Å². The largest absolute Gasteiger partial charge is 0.493 e. The fraction of sp³-hybridized carbons (Fsp3) is 0.263. The summed E-state index contributed by atoms with van der Waals surface area (Å²) in [5.74, 6) is 2.60. The highest BCUT2D eigenvalue weighted by Gasteiger charge is 2.18. The Labute approximate surface area is 152 Å². The molecule has 7 nitrogen and oxygen atoms in total.